The summed E-state index contributed by atoms with van der Waals surface area (Å²) in [6.45, 7) is 5.96. The summed E-state index contributed by atoms with van der Waals surface area (Å²) in [5.74, 6) is 0.323. The molecule has 3 nitrogen and oxygen atoms in total. The minimum Gasteiger partial charge on any atom is -0.478 e. The summed E-state index contributed by atoms with van der Waals surface area (Å²) in [4.78, 5) is 11.7. The van der Waals surface area contributed by atoms with Gasteiger partial charge in [-0.3, -0.25) is 0 Å². The quantitative estimate of drug-likeness (QED) is 0.759. The molecule has 0 aliphatic rings. The number of esters is 1. The van der Waals surface area contributed by atoms with Crippen LogP contribution in [0.1, 0.15) is 20.8 Å². The van der Waals surface area contributed by atoms with E-state index in [4.69, 9.17) is 21.1 Å². The van der Waals surface area contributed by atoms with Crippen molar-refractivity contribution in [2.75, 3.05) is 6.61 Å². The van der Waals surface area contributed by atoms with E-state index in [0.29, 0.717) is 17.4 Å². The van der Waals surface area contributed by atoms with Crippen molar-refractivity contribution < 1.29 is 14.3 Å². The van der Waals surface area contributed by atoms with Crippen molar-refractivity contribution in [3.63, 3.8) is 0 Å². The van der Waals surface area contributed by atoms with Crippen LogP contribution in [0.4, 0.5) is 0 Å². The van der Waals surface area contributed by atoms with Crippen LogP contribution in [0.5, 0.6) is 5.75 Å². The highest BCUT2D eigenvalue weighted by Gasteiger charge is 2.25. The van der Waals surface area contributed by atoms with E-state index in [1.165, 1.54) is 0 Å². The highest BCUT2D eigenvalue weighted by atomic mass is 35.5. The lowest BCUT2D eigenvalue weighted by Crippen LogP contribution is -2.34. The number of carbonyl (C=O) groups is 1. The molecule has 1 atom stereocenters. The molecule has 0 bridgehead atoms. The maximum absolute atomic E-state index is 11.7. The molecule has 17 heavy (non-hydrogen) atoms. The van der Waals surface area contributed by atoms with Crippen LogP contribution in [0.2, 0.25) is 5.02 Å². The van der Waals surface area contributed by atoms with Crippen molar-refractivity contribution in [2.45, 2.75) is 26.9 Å². The lowest BCUT2D eigenvalue weighted by atomic mass is 10.1. The first-order valence-corrected chi connectivity index (χ1v) is 6.01. The second-order valence-electron chi connectivity index (χ2n) is 3.99. The van der Waals surface area contributed by atoms with Crippen molar-refractivity contribution in [3.8, 4) is 5.75 Å². The zero-order chi connectivity index (χ0) is 12.8. The fraction of sp³-hybridized carbons (Fsp3) is 0.462. The van der Waals surface area contributed by atoms with Gasteiger partial charge in [0, 0.05) is 10.9 Å². The van der Waals surface area contributed by atoms with Crippen LogP contribution in [-0.2, 0) is 9.53 Å². The average Bonchev–Trinajstić information content (AvgIpc) is 2.28. The van der Waals surface area contributed by atoms with E-state index in [9.17, 15) is 4.79 Å². The van der Waals surface area contributed by atoms with Gasteiger partial charge in [0.05, 0.1) is 6.61 Å². The SMILES string of the molecule is CCOC(=O)C(Oc1ccc(Cl)cc1)C(C)C. The molecular formula is C13H17ClO3. The van der Waals surface area contributed by atoms with E-state index in [2.05, 4.69) is 0 Å². The highest BCUT2D eigenvalue weighted by Crippen LogP contribution is 2.19. The molecule has 94 valence electrons. The largest absolute Gasteiger partial charge is 0.478 e. The highest BCUT2D eigenvalue weighted by molar-refractivity contribution is 6.30. The van der Waals surface area contributed by atoms with Gasteiger partial charge in [-0.15, -0.1) is 0 Å². The monoisotopic (exact) mass is 256 g/mol. The molecule has 0 saturated heterocycles. The number of hydrogen-bond donors (Lipinski definition) is 0. The second kappa shape index (κ2) is 6.50. The number of carbonyl (C=O) groups excluding carboxylic acids is 1. The summed E-state index contributed by atoms with van der Waals surface area (Å²) in [6, 6.07) is 6.91. The van der Waals surface area contributed by atoms with E-state index >= 15 is 0 Å². The number of benzene rings is 1. The van der Waals surface area contributed by atoms with Gasteiger partial charge in [0.1, 0.15) is 5.75 Å². The van der Waals surface area contributed by atoms with E-state index in [0.717, 1.165) is 0 Å². The number of rotatable bonds is 5. The molecule has 0 amide bonds. The normalized spacial score (nSPS) is 12.3. The van der Waals surface area contributed by atoms with Crippen LogP contribution < -0.4 is 4.74 Å². The van der Waals surface area contributed by atoms with Crippen molar-refractivity contribution in [2.24, 2.45) is 5.92 Å². The summed E-state index contributed by atoms with van der Waals surface area (Å²) >= 11 is 5.78. The van der Waals surface area contributed by atoms with Crippen LogP contribution in [-0.4, -0.2) is 18.7 Å². The molecule has 1 unspecified atom stereocenters. The summed E-state index contributed by atoms with van der Waals surface area (Å²) in [7, 11) is 0. The minimum absolute atomic E-state index is 0.0460. The van der Waals surface area contributed by atoms with Gasteiger partial charge in [0.2, 0.25) is 0 Å². The van der Waals surface area contributed by atoms with Gasteiger partial charge in [-0.05, 0) is 31.2 Å². The fourth-order valence-corrected chi connectivity index (χ4v) is 1.47. The summed E-state index contributed by atoms with van der Waals surface area (Å²) < 4.78 is 10.6. The first-order chi connectivity index (χ1) is 8.04. The first-order valence-electron chi connectivity index (χ1n) is 5.63. The number of ether oxygens (including phenoxy) is 2. The van der Waals surface area contributed by atoms with E-state index in [1.54, 1.807) is 31.2 Å². The summed E-state index contributed by atoms with van der Waals surface area (Å²) in [5, 5.41) is 0.634. The van der Waals surface area contributed by atoms with Crippen LogP contribution in [0.15, 0.2) is 24.3 Å². The summed E-state index contributed by atoms with van der Waals surface area (Å²) in [5.41, 5.74) is 0. The lowest BCUT2D eigenvalue weighted by Gasteiger charge is -2.20. The molecule has 4 heteroatoms. The molecule has 0 fully saturated rings. The molecule has 1 rings (SSSR count). The van der Waals surface area contributed by atoms with Crippen molar-refractivity contribution in [1.82, 2.24) is 0 Å². The van der Waals surface area contributed by atoms with Gasteiger partial charge in [-0.2, -0.15) is 0 Å². The van der Waals surface area contributed by atoms with Crippen LogP contribution in [0, 0.1) is 5.92 Å². The van der Waals surface area contributed by atoms with Gasteiger partial charge in [-0.1, -0.05) is 25.4 Å². The Labute approximate surface area is 107 Å². The van der Waals surface area contributed by atoms with Crippen LogP contribution >= 0.6 is 11.6 Å². The predicted molar refractivity (Wildman–Crippen MR) is 67.3 cm³/mol. The molecule has 0 heterocycles. The maximum Gasteiger partial charge on any atom is 0.347 e. The summed E-state index contributed by atoms with van der Waals surface area (Å²) in [6.07, 6.45) is -0.587. The third kappa shape index (κ3) is 4.27. The number of halogens is 1. The van der Waals surface area contributed by atoms with Gasteiger partial charge >= 0.3 is 5.97 Å². The zero-order valence-corrected chi connectivity index (χ0v) is 11.0. The Morgan fingerprint density at radius 1 is 1.29 bits per heavy atom. The van der Waals surface area contributed by atoms with Crippen molar-refractivity contribution in [1.29, 1.82) is 0 Å². The first kappa shape index (κ1) is 13.8. The van der Waals surface area contributed by atoms with Crippen LogP contribution in [0.3, 0.4) is 0 Å². The molecular weight excluding hydrogens is 240 g/mol. The standard InChI is InChI=1S/C13H17ClO3/c1-4-16-13(15)12(9(2)3)17-11-7-5-10(14)6-8-11/h5-9,12H,4H2,1-3H3. The van der Waals surface area contributed by atoms with E-state index in [-0.39, 0.29) is 11.9 Å². The molecule has 0 spiro atoms. The fourth-order valence-electron chi connectivity index (χ4n) is 1.34. The Bertz CT molecular complexity index is 359. The molecule has 0 aliphatic carbocycles. The molecule has 1 aromatic rings. The molecule has 0 aliphatic heterocycles. The number of hydrogen-bond acceptors (Lipinski definition) is 3. The van der Waals surface area contributed by atoms with Crippen LogP contribution in [0.25, 0.3) is 0 Å². The molecule has 0 radical (unpaired) electrons. The second-order valence-corrected chi connectivity index (χ2v) is 4.42. The topological polar surface area (TPSA) is 35.5 Å². The van der Waals surface area contributed by atoms with E-state index in [1.807, 2.05) is 13.8 Å². The van der Waals surface area contributed by atoms with Gasteiger partial charge in [0.25, 0.3) is 0 Å². The Kier molecular flexibility index (Phi) is 5.29. The van der Waals surface area contributed by atoms with Crippen molar-refractivity contribution >= 4 is 17.6 Å². The minimum atomic E-state index is -0.587. The Balaban J connectivity index is 2.73. The lowest BCUT2D eigenvalue weighted by molar-refractivity contribution is -0.153. The molecule has 0 aromatic heterocycles. The molecule has 0 saturated carbocycles. The Morgan fingerprint density at radius 3 is 2.35 bits per heavy atom. The van der Waals surface area contributed by atoms with Gasteiger partial charge < -0.3 is 9.47 Å². The molecule has 0 N–H and O–H groups in total. The third-order valence-electron chi connectivity index (χ3n) is 2.20. The maximum atomic E-state index is 11.7. The Hall–Kier alpha value is -1.22. The van der Waals surface area contributed by atoms with E-state index < -0.39 is 6.10 Å². The smallest absolute Gasteiger partial charge is 0.347 e. The van der Waals surface area contributed by atoms with Crippen molar-refractivity contribution in [3.05, 3.63) is 29.3 Å². The van der Waals surface area contributed by atoms with Gasteiger partial charge in [0.15, 0.2) is 6.10 Å². The molecule has 1 aromatic carbocycles. The average molecular weight is 257 g/mol. The Morgan fingerprint density at radius 2 is 1.88 bits per heavy atom. The predicted octanol–water partition coefficient (Wildman–Crippen LogP) is 3.31. The zero-order valence-electron chi connectivity index (χ0n) is 10.3. The van der Waals surface area contributed by atoms with Gasteiger partial charge in [-0.25, -0.2) is 4.79 Å². The third-order valence-corrected chi connectivity index (χ3v) is 2.45.